The molecule has 114 valence electrons. The first-order chi connectivity index (χ1) is 10.8. The molecule has 0 saturated heterocycles. The zero-order chi connectivity index (χ0) is 14.9. The van der Waals surface area contributed by atoms with Crippen LogP contribution in [0.5, 0.6) is 5.75 Å². The Morgan fingerprint density at radius 3 is 2.59 bits per heavy atom. The fraction of sp³-hybridized carbons (Fsp3) is 0.412. The third-order valence-corrected chi connectivity index (χ3v) is 5.48. The summed E-state index contributed by atoms with van der Waals surface area (Å²) in [6, 6.07) is 7.99. The van der Waals surface area contributed by atoms with Crippen molar-refractivity contribution in [1.82, 2.24) is 14.6 Å². The Morgan fingerprint density at radius 1 is 1.14 bits per heavy atom. The molecule has 0 spiro atoms. The quantitative estimate of drug-likeness (QED) is 0.714. The van der Waals surface area contributed by atoms with Crippen molar-refractivity contribution in [3.8, 4) is 17.0 Å². The van der Waals surface area contributed by atoms with E-state index in [9.17, 15) is 0 Å². The highest BCUT2D eigenvalue weighted by molar-refractivity contribution is 7.16. The number of fused-ring (bicyclic) bond motifs is 1. The lowest BCUT2D eigenvalue weighted by Gasteiger charge is -2.18. The predicted molar refractivity (Wildman–Crippen MR) is 88.7 cm³/mol. The van der Waals surface area contributed by atoms with Crippen molar-refractivity contribution in [2.45, 2.75) is 38.0 Å². The molecule has 0 amide bonds. The van der Waals surface area contributed by atoms with Gasteiger partial charge in [0.25, 0.3) is 0 Å². The molecule has 0 radical (unpaired) electrons. The lowest BCUT2D eigenvalue weighted by molar-refractivity contribution is 0.415. The van der Waals surface area contributed by atoms with E-state index >= 15 is 0 Å². The molecule has 1 aliphatic carbocycles. The number of methoxy groups -OCH3 is 1. The number of imidazole rings is 1. The van der Waals surface area contributed by atoms with Crippen LogP contribution in [-0.2, 0) is 0 Å². The van der Waals surface area contributed by atoms with Crippen LogP contribution in [0.15, 0.2) is 30.5 Å². The second kappa shape index (κ2) is 5.72. The van der Waals surface area contributed by atoms with Gasteiger partial charge in [-0.3, -0.25) is 0 Å². The fourth-order valence-corrected chi connectivity index (χ4v) is 4.18. The fourth-order valence-electron chi connectivity index (χ4n) is 3.13. The number of aromatic nitrogens is 3. The van der Waals surface area contributed by atoms with Gasteiger partial charge in [-0.05, 0) is 37.1 Å². The van der Waals surface area contributed by atoms with E-state index in [1.807, 2.05) is 35.0 Å². The van der Waals surface area contributed by atoms with Gasteiger partial charge < -0.3 is 4.74 Å². The summed E-state index contributed by atoms with van der Waals surface area (Å²) in [6.45, 7) is 0. The van der Waals surface area contributed by atoms with Gasteiger partial charge in [0, 0.05) is 11.5 Å². The standard InChI is InChI=1S/C17H19N3OS/c1-21-14-9-7-12(8-10-14)15-11-20-17(18-15)22-16(19-20)13-5-3-2-4-6-13/h7-11,13H,2-6H2,1H3. The number of hydrogen-bond acceptors (Lipinski definition) is 4. The maximum atomic E-state index is 5.20. The van der Waals surface area contributed by atoms with Crippen LogP contribution in [-0.4, -0.2) is 21.7 Å². The van der Waals surface area contributed by atoms with Crippen molar-refractivity contribution >= 4 is 16.3 Å². The molecule has 1 saturated carbocycles. The minimum Gasteiger partial charge on any atom is -0.497 e. The summed E-state index contributed by atoms with van der Waals surface area (Å²) in [5.41, 5.74) is 2.06. The van der Waals surface area contributed by atoms with Crippen LogP contribution in [0.25, 0.3) is 16.2 Å². The number of nitrogens with zero attached hydrogens (tertiary/aromatic N) is 3. The second-order valence-corrected chi connectivity index (χ2v) is 6.84. The molecule has 4 rings (SSSR count). The highest BCUT2D eigenvalue weighted by Gasteiger charge is 2.20. The Hall–Kier alpha value is -1.88. The third-order valence-electron chi connectivity index (χ3n) is 4.40. The maximum absolute atomic E-state index is 5.20. The van der Waals surface area contributed by atoms with Gasteiger partial charge in [-0.25, -0.2) is 9.50 Å². The number of hydrogen-bond donors (Lipinski definition) is 0. The molecule has 0 N–H and O–H groups in total. The zero-order valence-electron chi connectivity index (χ0n) is 12.7. The number of rotatable bonds is 3. The molecule has 0 atom stereocenters. The van der Waals surface area contributed by atoms with Crippen LogP contribution < -0.4 is 4.74 Å². The van der Waals surface area contributed by atoms with Crippen LogP contribution >= 0.6 is 11.3 Å². The van der Waals surface area contributed by atoms with Gasteiger partial charge >= 0.3 is 0 Å². The van der Waals surface area contributed by atoms with Gasteiger partial charge in [-0.1, -0.05) is 30.6 Å². The van der Waals surface area contributed by atoms with E-state index in [0.717, 1.165) is 22.0 Å². The first kappa shape index (κ1) is 13.8. The Labute approximate surface area is 133 Å². The zero-order valence-corrected chi connectivity index (χ0v) is 13.5. The topological polar surface area (TPSA) is 39.4 Å². The molecular formula is C17H19N3OS. The smallest absolute Gasteiger partial charge is 0.212 e. The van der Waals surface area contributed by atoms with Gasteiger partial charge in [-0.15, -0.1) is 0 Å². The first-order valence-electron chi connectivity index (χ1n) is 7.84. The lowest BCUT2D eigenvalue weighted by Crippen LogP contribution is -2.04. The maximum Gasteiger partial charge on any atom is 0.212 e. The van der Waals surface area contributed by atoms with E-state index < -0.39 is 0 Å². The van der Waals surface area contributed by atoms with E-state index in [2.05, 4.69) is 0 Å². The molecule has 1 fully saturated rings. The van der Waals surface area contributed by atoms with Crippen LogP contribution in [0, 0.1) is 0 Å². The summed E-state index contributed by atoms with van der Waals surface area (Å²) < 4.78 is 7.13. The van der Waals surface area contributed by atoms with E-state index in [1.54, 1.807) is 18.4 Å². The molecule has 1 aromatic carbocycles. The summed E-state index contributed by atoms with van der Waals surface area (Å²) >= 11 is 1.74. The van der Waals surface area contributed by atoms with Crippen LogP contribution in [0.3, 0.4) is 0 Å². The van der Waals surface area contributed by atoms with Crippen molar-refractivity contribution < 1.29 is 4.74 Å². The summed E-state index contributed by atoms with van der Waals surface area (Å²) in [5, 5.41) is 6.02. The van der Waals surface area contributed by atoms with Gasteiger partial charge in [0.1, 0.15) is 10.8 Å². The normalized spacial score (nSPS) is 16.2. The van der Waals surface area contributed by atoms with Crippen molar-refractivity contribution in [3.05, 3.63) is 35.5 Å². The predicted octanol–water partition coefficient (Wildman–Crippen LogP) is 4.51. The minimum atomic E-state index is 0.643. The SMILES string of the molecule is COc1ccc(-c2cn3nc(C4CCCCC4)sc3n2)cc1. The van der Waals surface area contributed by atoms with E-state index in [-0.39, 0.29) is 0 Å². The van der Waals surface area contributed by atoms with Crippen LogP contribution in [0.1, 0.15) is 43.0 Å². The Balaban J connectivity index is 1.62. The summed E-state index contributed by atoms with van der Waals surface area (Å²) in [5.74, 6) is 1.51. The van der Waals surface area contributed by atoms with Crippen molar-refractivity contribution in [2.75, 3.05) is 7.11 Å². The molecule has 0 bridgehead atoms. The lowest BCUT2D eigenvalue weighted by atomic mass is 9.90. The van der Waals surface area contributed by atoms with E-state index in [1.165, 1.54) is 37.1 Å². The van der Waals surface area contributed by atoms with Crippen LogP contribution in [0.2, 0.25) is 0 Å². The average molecular weight is 313 g/mol. The monoisotopic (exact) mass is 313 g/mol. The number of benzene rings is 1. The highest BCUT2D eigenvalue weighted by atomic mass is 32.1. The molecule has 2 aromatic heterocycles. The molecule has 1 aliphatic rings. The summed E-state index contributed by atoms with van der Waals surface area (Å²) in [6.07, 6.45) is 8.64. The van der Waals surface area contributed by atoms with E-state index in [0.29, 0.717) is 5.92 Å². The van der Waals surface area contributed by atoms with Gasteiger partial charge in [-0.2, -0.15) is 5.10 Å². The molecular weight excluding hydrogens is 294 g/mol. The highest BCUT2D eigenvalue weighted by Crippen LogP contribution is 2.35. The second-order valence-electron chi connectivity index (χ2n) is 5.86. The van der Waals surface area contributed by atoms with Gasteiger partial charge in [0.05, 0.1) is 19.0 Å². The minimum absolute atomic E-state index is 0.643. The van der Waals surface area contributed by atoms with Crippen LogP contribution in [0.4, 0.5) is 0 Å². The third kappa shape index (κ3) is 2.50. The molecule has 0 aliphatic heterocycles. The largest absolute Gasteiger partial charge is 0.497 e. The molecule has 2 heterocycles. The first-order valence-corrected chi connectivity index (χ1v) is 8.65. The summed E-state index contributed by atoms with van der Waals surface area (Å²) in [7, 11) is 1.68. The molecule has 0 unspecified atom stereocenters. The molecule has 5 heteroatoms. The van der Waals surface area contributed by atoms with Gasteiger partial charge in [0.15, 0.2) is 0 Å². The van der Waals surface area contributed by atoms with E-state index in [4.69, 9.17) is 14.8 Å². The Kier molecular flexibility index (Phi) is 3.58. The number of ether oxygens (including phenoxy) is 1. The Bertz CT molecular complexity index is 737. The van der Waals surface area contributed by atoms with Gasteiger partial charge in [0.2, 0.25) is 4.96 Å². The van der Waals surface area contributed by atoms with Crippen molar-refractivity contribution in [2.24, 2.45) is 0 Å². The van der Waals surface area contributed by atoms with Crippen molar-refractivity contribution in [3.63, 3.8) is 0 Å². The Morgan fingerprint density at radius 2 is 1.91 bits per heavy atom. The molecule has 3 aromatic rings. The molecule has 4 nitrogen and oxygen atoms in total. The summed E-state index contributed by atoms with van der Waals surface area (Å²) in [4.78, 5) is 5.72. The van der Waals surface area contributed by atoms with Crippen molar-refractivity contribution in [1.29, 1.82) is 0 Å². The average Bonchev–Trinajstić information content (AvgIpc) is 3.15. The molecule has 22 heavy (non-hydrogen) atoms.